The number of anilines is 2. The molecule has 29 heavy (non-hydrogen) atoms. The summed E-state index contributed by atoms with van der Waals surface area (Å²) in [4.78, 5) is 17.0. The van der Waals surface area contributed by atoms with Crippen LogP contribution in [-0.2, 0) is 0 Å². The van der Waals surface area contributed by atoms with Crippen molar-refractivity contribution >= 4 is 17.4 Å². The molecule has 3 rings (SSSR count). The number of methoxy groups -OCH3 is 1. The van der Waals surface area contributed by atoms with Crippen LogP contribution in [0, 0.1) is 0 Å². The first-order valence-corrected chi connectivity index (χ1v) is 10.3. The molecule has 0 saturated carbocycles. The first-order valence-electron chi connectivity index (χ1n) is 10.3. The van der Waals surface area contributed by atoms with Crippen molar-refractivity contribution in [1.82, 2.24) is 10.2 Å². The second kappa shape index (κ2) is 10.2. The maximum atomic E-state index is 12.5. The molecule has 1 aliphatic rings. The van der Waals surface area contributed by atoms with Crippen LogP contribution in [0.25, 0.3) is 0 Å². The summed E-state index contributed by atoms with van der Waals surface area (Å²) in [7, 11) is 5.67. The van der Waals surface area contributed by atoms with Crippen LogP contribution in [0.15, 0.2) is 48.5 Å². The number of carbonyl (C=O) groups is 1. The van der Waals surface area contributed by atoms with E-state index in [0.717, 1.165) is 30.1 Å². The van der Waals surface area contributed by atoms with E-state index < -0.39 is 0 Å². The maximum absolute atomic E-state index is 12.5. The van der Waals surface area contributed by atoms with Gasteiger partial charge in [0.05, 0.1) is 13.2 Å². The molecule has 0 aromatic heterocycles. The minimum absolute atomic E-state index is 0.0514. The van der Waals surface area contributed by atoms with Gasteiger partial charge >= 0.3 is 6.03 Å². The number of piperidine rings is 1. The highest BCUT2D eigenvalue weighted by atomic mass is 16.5. The summed E-state index contributed by atoms with van der Waals surface area (Å²) in [6, 6.07) is 15.9. The average molecular weight is 397 g/mol. The van der Waals surface area contributed by atoms with Crippen LogP contribution in [-0.4, -0.2) is 51.8 Å². The summed E-state index contributed by atoms with van der Waals surface area (Å²) >= 11 is 0. The van der Waals surface area contributed by atoms with Crippen LogP contribution in [0.1, 0.15) is 30.9 Å². The van der Waals surface area contributed by atoms with E-state index in [0.29, 0.717) is 6.54 Å². The maximum Gasteiger partial charge on any atom is 0.319 e. The molecule has 1 unspecified atom stereocenters. The second-order valence-electron chi connectivity index (χ2n) is 7.69. The van der Waals surface area contributed by atoms with Crippen molar-refractivity contribution in [2.24, 2.45) is 0 Å². The Morgan fingerprint density at radius 2 is 1.86 bits per heavy atom. The Morgan fingerprint density at radius 3 is 2.59 bits per heavy atom. The van der Waals surface area contributed by atoms with Crippen molar-refractivity contribution in [2.45, 2.75) is 25.3 Å². The lowest BCUT2D eigenvalue weighted by Crippen LogP contribution is -2.37. The topological polar surface area (TPSA) is 56.8 Å². The summed E-state index contributed by atoms with van der Waals surface area (Å²) in [6.45, 7) is 2.67. The number of hydrogen-bond acceptors (Lipinski definition) is 4. The zero-order chi connectivity index (χ0) is 20.6. The van der Waals surface area contributed by atoms with Gasteiger partial charge < -0.3 is 25.2 Å². The van der Waals surface area contributed by atoms with Crippen molar-refractivity contribution < 1.29 is 9.53 Å². The van der Waals surface area contributed by atoms with Crippen LogP contribution in [0.3, 0.4) is 0 Å². The van der Waals surface area contributed by atoms with Crippen molar-refractivity contribution in [2.75, 3.05) is 51.1 Å². The van der Waals surface area contributed by atoms with E-state index in [9.17, 15) is 4.79 Å². The van der Waals surface area contributed by atoms with Gasteiger partial charge in [0.2, 0.25) is 0 Å². The first kappa shape index (κ1) is 21.0. The van der Waals surface area contributed by atoms with E-state index in [-0.39, 0.29) is 12.1 Å². The summed E-state index contributed by atoms with van der Waals surface area (Å²) in [5, 5.41) is 5.97. The standard InChI is InChI=1S/C23H32N4O2/c1-26(2)22(18-9-7-12-21(15-18)29-3)17-24-23(28)25-19-10-8-11-20(16-19)27-13-5-4-6-14-27/h7-12,15-16,22H,4-6,13-14,17H2,1-3H3,(H2,24,25,28). The normalized spacial score (nSPS) is 15.1. The number of urea groups is 1. The fourth-order valence-electron chi connectivity index (χ4n) is 3.74. The van der Waals surface area contributed by atoms with E-state index in [1.54, 1.807) is 7.11 Å². The van der Waals surface area contributed by atoms with Crippen LogP contribution >= 0.6 is 0 Å². The van der Waals surface area contributed by atoms with E-state index in [1.807, 2.05) is 44.4 Å². The quantitative estimate of drug-likeness (QED) is 0.740. The van der Waals surface area contributed by atoms with Gasteiger partial charge in [-0.15, -0.1) is 0 Å². The highest BCUT2D eigenvalue weighted by molar-refractivity contribution is 5.89. The average Bonchev–Trinajstić information content (AvgIpc) is 2.74. The largest absolute Gasteiger partial charge is 0.497 e. The number of nitrogens with zero attached hydrogens (tertiary/aromatic N) is 2. The number of ether oxygens (including phenoxy) is 1. The molecule has 1 fully saturated rings. The summed E-state index contributed by atoms with van der Waals surface area (Å²) in [5.41, 5.74) is 3.08. The molecule has 2 aromatic carbocycles. The first-order chi connectivity index (χ1) is 14.1. The third-order valence-electron chi connectivity index (χ3n) is 5.38. The predicted molar refractivity (Wildman–Crippen MR) is 119 cm³/mol. The molecule has 0 radical (unpaired) electrons. The number of amides is 2. The Kier molecular flexibility index (Phi) is 7.36. The number of carbonyl (C=O) groups excluding carboxylic acids is 1. The number of hydrogen-bond donors (Lipinski definition) is 2. The van der Waals surface area contributed by atoms with Gasteiger partial charge in [-0.1, -0.05) is 18.2 Å². The summed E-state index contributed by atoms with van der Waals surface area (Å²) in [5.74, 6) is 0.813. The molecule has 0 spiro atoms. The van der Waals surface area contributed by atoms with Gasteiger partial charge in [-0.3, -0.25) is 0 Å². The molecule has 156 valence electrons. The zero-order valence-electron chi connectivity index (χ0n) is 17.6. The molecule has 1 saturated heterocycles. The fourth-order valence-corrected chi connectivity index (χ4v) is 3.74. The van der Waals surface area contributed by atoms with Crippen molar-refractivity contribution in [3.8, 4) is 5.75 Å². The number of rotatable bonds is 7. The highest BCUT2D eigenvalue weighted by Gasteiger charge is 2.16. The van der Waals surface area contributed by atoms with Gasteiger partial charge in [0.15, 0.2) is 0 Å². The van der Waals surface area contributed by atoms with Gasteiger partial charge in [-0.25, -0.2) is 4.79 Å². The van der Waals surface area contributed by atoms with Crippen LogP contribution < -0.4 is 20.3 Å². The minimum atomic E-state index is -0.199. The summed E-state index contributed by atoms with van der Waals surface area (Å²) < 4.78 is 5.33. The lowest BCUT2D eigenvalue weighted by molar-refractivity contribution is 0.243. The molecule has 1 heterocycles. The lowest BCUT2D eigenvalue weighted by atomic mass is 10.1. The monoisotopic (exact) mass is 396 g/mol. The Hall–Kier alpha value is -2.73. The third kappa shape index (κ3) is 5.87. The van der Waals surface area contributed by atoms with Gasteiger partial charge in [0, 0.05) is 31.0 Å². The SMILES string of the molecule is COc1cccc(C(CNC(=O)Nc2cccc(N3CCCCC3)c2)N(C)C)c1. The smallest absolute Gasteiger partial charge is 0.319 e. The third-order valence-corrected chi connectivity index (χ3v) is 5.38. The Bertz CT molecular complexity index is 803. The van der Waals surface area contributed by atoms with Gasteiger partial charge in [0.1, 0.15) is 5.75 Å². The van der Waals surface area contributed by atoms with E-state index in [2.05, 4.69) is 38.6 Å². The molecule has 0 aliphatic carbocycles. The molecule has 0 bridgehead atoms. The van der Waals surface area contributed by atoms with Gasteiger partial charge in [-0.05, 0) is 69.3 Å². The molecule has 6 nitrogen and oxygen atoms in total. The predicted octanol–water partition coefficient (Wildman–Crippen LogP) is 4.11. The molecule has 6 heteroatoms. The van der Waals surface area contributed by atoms with E-state index >= 15 is 0 Å². The van der Waals surface area contributed by atoms with Crippen molar-refractivity contribution in [3.63, 3.8) is 0 Å². The Morgan fingerprint density at radius 1 is 1.10 bits per heavy atom. The van der Waals surface area contributed by atoms with E-state index in [4.69, 9.17) is 4.74 Å². The van der Waals surface area contributed by atoms with Crippen molar-refractivity contribution in [3.05, 3.63) is 54.1 Å². The van der Waals surface area contributed by atoms with E-state index in [1.165, 1.54) is 24.9 Å². The molecule has 1 atom stereocenters. The lowest BCUT2D eigenvalue weighted by Gasteiger charge is -2.29. The summed E-state index contributed by atoms with van der Waals surface area (Å²) in [6.07, 6.45) is 3.76. The molecular weight excluding hydrogens is 364 g/mol. The number of nitrogens with one attached hydrogen (secondary N) is 2. The molecular formula is C23H32N4O2. The molecule has 2 N–H and O–H groups in total. The van der Waals surface area contributed by atoms with Crippen molar-refractivity contribution in [1.29, 1.82) is 0 Å². The molecule has 1 aliphatic heterocycles. The van der Waals surface area contributed by atoms with Crippen LogP contribution in [0.4, 0.5) is 16.2 Å². The van der Waals surface area contributed by atoms with Gasteiger partial charge in [-0.2, -0.15) is 0 Å². The minimum Gasteiger partial charge on any atom is -0.497 e. The molecule has 2 aromatic rings. The zero-order valence-corrected chi connectivity index (χ0v) is 17.6. The second-order valence-corrected chi connectivity index (χ2v) is 7.69. The van der Waals surface area contributed by atoms with Crippen LogP contribution in [0.5, 0.6) is 5.75 Å². The fraction of sp³-hybridized carbons (Fsp3) is 0.435. The Labute approximate surface area is 173 Å². The number of likely N-dealkylation sites (N-methyl/N-ethyl adjacent to an activating group) is 1. The number of benzene rings is 2. The van der Waals surface area contributed by atoms with Crippen LogP contribution in [0.2, 0.25) is 0 Å². The Balaban J connectivity index is 1.59. The van der Waals surface area contributed by atoms with Gasteiger partial charge in [0.25, 0.3) is 0 Å². The molecule has 2 amide bonds. The highest BCUT2D eigenvalue weighted by Crippen LogP contribution is 2.24.